The average Bonchev–Trinajstić information content (AvgIpc) is 2.29. The Morgan fingerprint density at radius 2 is 1.70 bits per heavy atom. The van der Waals surface area contributed by atoms with Crippen LogP contribution in [0.25, 0.3) is 0 Å². The maximum Gasteiger partial charge on any atom is 0.498 e. The minimum Gasteiger partial charge on any atom is -0.423 e. The molecule has 0 aliphatic heterocycles. The highest BCUT2D eigenvalue weighted by molar-refractivity contribution is 6.59. The van der Waals surface area contributed by atoms with E-state index in [4.69, 9.17) is 4.65 Å². The molecule has 1 heterocycles. The van der Waals surface area contributed by atoms with Crippen molar-refractivity contribution in [2.24, 2.45) is 14.1 Å². The quantitative estimate of drug-likeness (QED) is 0.645. The summed E-state index contributed by atoms with van der Waals surface area (Å²) in [6.07, 6.45) is 1.23. The molecule has 1 rings (SSSR count). The Balaban J connectivity index is 3.22. The van der Waals surface area contributed by atoms with Crippen molar-refractivity contribution >= 4 is 12.6 Å². The number of rotatable bonds is 4. The van der Waals surface area contributed by atoms with Crippen molar-refractivity contribution in [2.75, 3.05) is 0 Å². The summed E-state index contributed by atoms with van der Waals surface area (Å²) in [5.41, 5.74) is -3.50. The summed E-state index contributed by atoms with van der Waals surface area (Å²) in [6, 6.07) is 0. The van der Waals surface area contributed by atoms with Gasteiger partial charge in [0.2, 0.25) is 0 Å². The second-order valence-corrected chi connectivity index (χ2v) is 5.88. The Morgan fingerprint density at radius 3 is 2.15 bits per heavy atom. The van der Waals surface area contributed by atoms with Gasteiger partial charge in [-0.2, -0.15) is 0 Å². The molecule has 0 atom stereocenters. The van der Waals surface area contributed by atoms with Gasteiger partial charge in [-0.25, -0.2) is 4.79 Å². The van der Waals surface area contributed by atoms with Crippen LogP contribution in [0.4, 0.5) is 0 Å². The van der Waals surface area contributed by atoms with E-state index in [1.165, 1.54) is 24.9 Å². The van der Waals surface area contributed by atoms with E-state index in [9.17, 15) is 19.7 Å². The molecular formula is C12H21BN2O5. The molecule has 0 amide bonds. The molecule has 8 heteroatoms. The van der Waals surface area contributed by atoms with Crippen molar-refractivity contribution in [3.8, 4) is 0 Å². The molecule has 0 fully saturated rings. The van der Waals surface area contributed by atoms with Crippen LogP contribution in [0, 0.1) is 0 Å². The molecule has 0 saturated carbocycles. The third kappa shape index (κ3) is 3.03. The number of hydrogen-bond acceptors (Lipinski definition) is 5. The van der Waals surface area contributed by atoms with Crippen LogP contribution in [0.15, 0.2) is 15.8 Å². The van der Waals surface area contributed by atoms with Crippen molar-refractivity contribution in [2.45, 2.75) is 38.9 Å². The lowest BCUT2D eigenvalue weighted by Gasteiger charge is -2.38. The number of nitrogens with zero attached hydrogens (tertiary/aromatic N) is 2. The smallest absolute Gasteiger partial charge is 0.423 e. The largest absolute Gasteiger partial charge is 0.498 e. The fourth-order valence-corrected chi connectivity index (χ4v) is 1.49. The van der Waals surface area contributed by atoms with Crippen LogP contribution >= 0.6 is 0 Å². The molecule has 0 aliphatic carbocycles. The Kier molecular flexibility index (Phi) is 4.33. The lowest BCUT2D eigenvalue weighted by atomic mass is 9.78. The number of aliphatic hydroxyl groups is 1. The van der Waals surface area contributed by atoms with Gasteiger partial charge < -0.3 is 19.4 Å². The van der Waals surface area contributed by atoms with Crippen molar-refractivity contribution in [1.29, 1.82) is 0 Å². The second kappa shape index (κ2) is 5.19. The third-order valence-electron chi connectivity index (χ3n) is 3.62. The van der Waals surface area contributed by atoms with Crippen LogP contribution in [0.1, 0.15) is 27.7 Å². The third-order valence-corrected chi connectivity index (χ3v) is 3.62. The van der Waals surface area contributed by atoms with Crippen LogP contribution < -0.4 is 16.7 Å². The first-order valence-corrected chi connectivity index (χ1v) is 6.23. The van der Waals surface area contributed by atoms with E-state index >= 15 is 0 Å². The highest BCUT2D eigenvalue weighted by Gasteiger charge is 2.40. The highest BCUT2D eigenvalue weighted by atomic mass is 16.5. The summed E-state index contributed by atoms with van der Waals surface area (Å²) in [7, 11) is 1.25. The summed E-state index contributed by atoms with van der Waals surface area (Å²) >= 11 is 0. The minimum absolute atomic E-state index is 0.0630. The number of aromatic nitrogens is 2. The van der Waals surface area contributed by atoms with Gasteiger partial charge in [0.1, 0.15) is 0 Å². The fraction of sp³-hybridized carbons (Fsp3) is 0.667. The zero-order valence-electron chi connectivity index (χ0n) is 12.7. The van der Waals surface area contributed by atoms with E-state index in [2.05, 4.69) is 0 Å². The molecule has 112 valence electrons. The summed E-state index contributed by atoms with van der Waals surface area (Å²) in [6.45, 7) is 6.28. The number of aryl methyl sites for hydroxylation is 1. The van der Waals surface area contributed by atoms with Gasteiger partial charge in [-0.1, -0.05) is 0 Å². The second-order valence-electron chi connectivity index (χ2n) is 5.88. The van der Waals surface area contributed by atoms with Crippen LogP contribution in [-0.2, 0) is 18.7 Å². The lowest BCUT2D eigenvalue weighted by Crippen LogP contribution is -2.58. The molecule has 0 aromatic carbocycles. The highest BCUT2D eigenvalue weighted by Crippen LogP contribution is 2.25. The van der Waals surface area contributed by atoms with Gasteiger partial charge in [0, 0.05) is 20.3 Å². The van der Waals surface area contributed by atoms with Crippen molar-refractivity contribution < 1.29 is 14.8 Å². The van der Waals surface area contributed by atoms with Gasteiger partial charge in [-0.15, -0.1) is 0 Å². The maximum absolute atomic E-state index is 12.0. The molecule has 2 N–H and O–H groups in total. The summed E-state index contributed by atoms with van der Waals surface area (Å²) in [5.74, 6) is 0. The molecule has 20 heavy (non-hydrogen) atoms. The Morgan fingerprint density at radius 1 is 1.20 bits per heavy atom. The van der Waals surface area contributed by atoms with E-state index in [0.717, 1.165) is 4.57 Å². The van der Waals surface area contributed by atoms with Crippen molar-refractivity contribution in [1.82, 2.24) is 9.13 Å². The molecular weight excluding hydrogens is 263 g/mol. The van der Waals surface area contributed by atoms with E-state index < -0.39 is 29.6 Å². The summed E-state index contributed by atoms with van der Waals surface area (Å²) in [5, 5.41) is 20.1. The average molecular weight is 284 g/mol. The van der Waals surface area contributed by atoms with Gasteiger partial charge in [0.15, 0.2) is 0 Å². The van der Waals surface area contributed by atoms with Crippen molar-refractivity contribution in [3.63, 3.8) is 0 Å². The Labute approximate surface area is 117 Å². The van der Waals surface area contributed by atoms with E-state index in [-0.39, 0.29) is 5.46 Å². The van der Waals surface area contributed by atoms with Gasteiger partial charge in [-0.3, -0.25) is 9.36 Å². The first kappa shape index (κ1) is 16.7. The Hall–Kier alpha value is -1.38. The standard InChI is InChI=1S/C12H21BN2O5/c1-11(2,18)12(3,4)20-13(19)8-7-14(5)10(17)15(6)9(8)16/h7,18-19H,1-6H3. The zero-order valence-corrected chi connectivity index (χ0v) is 12.7. The summed E-state index contributed by atoms with van der Waals surface area (Å²) in [4.78, 5) is 23.5. The van der Waals surface area contributed by atoms with E-state index in [0.29, 0.717) is 0 Å². The zero-order chi connectivity index (χ0) is 15.9. The molecule has 0 radical (unpaired) electrons. The van der Waals surface area contributed by atoms with Crippen LogP contribution in [-0.4, -0.2) is 37.6 Å². The van der Waals surface area contributed by atoms with Crippen LogP contribution in [0.2, 0.25) is 0 Å². The van der Waals surface area contributed by atoms with Gasteiger partial charge in [0.25, 0.3) is 5.56 Å². The van der Waals surface area contributed by atoms with Gasteiger partial charge >= 0.3 is 12.8 Å². The molecule has 7 nitrogen and oxygen atoms in total. The predicted molar refractivity (Wildman–Crippen MR) is 76.0 cm³/mol. The maximum atomic E-state index is 12.0. The molecule has 0 spiro atoms. The monoisotopic (exact) mass is 284 g/mol. The first-order chi connectivity index (χ1) is 8.88. The van der Waals surface area contributed by atoms with E-state index in [1.54, 1.807) is 27.7 Å². The Bertz CT molecular complexity index is 612. The van der Waals surface area contributed by atoms with Crippen LogP contribution in [0.5, 0.6) is 0 Å². The number of hydrogen-bond donors (Lipinski definition) is 2. The molecule has 0 bridgehead atoms. The molecule has 0 aliphatic rings. The van der Waals surface area contributed by atoms with E-state index in [1.807, 2.05) is 0 Å². The first-order valence-electron chi connectivity index (χ1n) is 6.23. The van der Waals surface area contributed by atoms with Crippen molar-refractivity contribution in [3.05, 3.63) is 27.0 Å². The summed E-state index contributed by atoms with van der Waals surface area (Å²) < 4.78 is 7.46. The SMILES string of the molecule is Cn1cc(B(O)OC(C)(C)C(C)(C)O)c(=O)n(C)c1=O. The molecule has 1 aromatic heterocycles. The van der Waals surface area contributed by atoms with Gasteiger partial charge in [-0.05, 0) is 27.7 Å². The fourth-order valence-electron chi connectivity index (χ4n) is 1.49. The molecule has 0 unspecified atom stereocenters. The van der Waals surface area contributed by atoms with Crippen LogP contribution in [0.3, 0.4) is 0 Å². The molecule has 0 saturated heterocycles. The minimum atomic E-state index is -1.54. The topological polar surface area (TPSA) is 93.7 Å². The van der Waals surface area contributed by atoms with Gasteiger partial charge in [0.05, 0.1) is 16.7 Å². The normalized spacial score (nSPS) is 12.6. The predicted octanol–water partition coefficient (Wildman–Crippen LogP) is -1.66. The molecule has 1 aromatic rings. The lowest BCUT2D eigenvalue weighted by molar-refractivity contribution is -0.0983.